The predicted molar refractivity (Wildman–Crippen MR) is 115 cm³/mol. The van der Waals surface area contributed by atoms with Gasteiger partial charge in [-0.1, -0.05) is 54.1 Å². The predicted octanol–water partition coefficient (Wildman–Crippen LogP) is 3.80. The molecule has 4 rings (SSSR count). The molecule has 0 N–H and O–H groups in total. The standard InChI is InChI=1S/C22H19ClN4O2/c1-3-12-25-14-24-20-19(25)21(28)26(15(2)16-8-5-4-6-9-16)22(29)27(20)18-11-7-10-17(23)13-18/h3-11,13-15H,1,12H2,2H3/t15-/m0/s1. The first-order valence-electron chi connectivity index (χ1n) is 9.17. The van der Waals surface area contributed by atoms with E-state index in [9.17, 15) is 9.59 Å². The number of benzene rings is 2. The Bertz CT molecular complexity index is 1320. The summed E-state index contributed by atoms with van der Waals surface area (Å²) in [6.45, 7) is 5.98. The molecule has 0 saturated heterocycles. The Balaban J connectivity index is 2.11. The molecule has 146 valence electrons. The Labute approximate surface area is 171 Å². The van der Waals surface area contributed by atoms with E-state index in [0.717, 1.165) is 5.56 Å². The van der Waals surface area contributed by atoms with Crippen LogP contribution in [-0.2, 0) is 6.54 Å². The van der Waals surface area contributed by atoms with Gasteiger partial charge in [0.15, 0.2) is 11.2 Å². The summed E-state index contributed by atoms with van der Waals surface area (Å²) in [5.74, 6) is 0. The second-order valence-corrected chi connectivity index (χ2v) is 7.15. The third kappa shape index (κ3) is 3.21. The van der Waals surface area contributed by atoms with Gasteiger partial charge in [-0.25, -0.2) is 14.3 Å². The van der Waals surface area contributed by atoms with Crippen LogP contribution in [0.5, 0.6) is 0 Å². The van der Waals surface area contributed by atoms with Crippen LogP contribution in [0.2, 0.25) is 5.02 Å². The van der Waals surface area contributed by atoms with E-state index in [4.69, 9.17) is 11.6 Å². The molecule has 0 aliphatic rings. The van der Waals surface area contributed by atoms with Crippen molar-refractivity contribution in [2.24, 2.45) is 0 Å². The van der Waals surface area contributed by atoms with Gasteiger partial charge in [-0.3, -0.25) is 9.36 Å². The Kier molecular flexibility index (Phi) is 4.94. The first kappa shape index (κ1) is 19.0. The molecule has 0 aliphatic heterocycles. The number of allylic oxidation sites excluding steroid dienone is 1. The average Bonchev–Trinajstić information content (AvgIpc) is 3.13. The number of aromatic nitrogens is 4. The SMILES string of the molecule is C=CCn1cnc2c1c(=O)n([C@@H](C)c1ccccc1)c(=O)n2-c1cccc(Cl)c1. The normalized spacial score (nSPS) is 12.2. The molecule has 2 aromatic carbocycles. The lowest BCUT2D eigenvalue weighted by molar-refractivity contribution is 0.569. The summed E-state index contributed by atoms with van der Waals surface area (Å²) < 4.78 is 4.39. The van der Waals surface area contributed by atoms with Crippen molar-refractivity contribution in [3.05, 3.63) is 105 Å². The van der Waals surface area contributed by atoms with Crippen LogP contribution in [0.1, 0.15) is 18.5 Å². The number of fused-ring (bicyclic) bond motifs is 1. The zero-order chi connectivity index (χ0) is 20.5. The van der Waals surface area contributed by atoms with Gasteiger partial charge in [-0.05, 0) is 30.7 Å². The van der Waals surface area contributed by atoms with Gasteiger partial charge in [-0.15, -0.1) is 6.58 Å². The van der Waals surface area contributed by atoms with E-state index in [1.165, 1.54) is 9.13 Å². The third-order valence-corrected chi connectivity index (χ3v) is 5.15. The molecule has 6 nitrogen and oxygen atoms in total. The number of imidazole rings is 1. The summed E-state index contributed by atoms with van der Waals surface area (Å²) >= 11 is 6.16. The maximum atomic E-state index is 13.5. The van der Waals surface area contributed by atoms with E-state index in [1.54, 1.807) is 41.2 Å². The van der Waals surface area contributed by atoms with Crippen LogP contribution in [0, 0.1) is 0 Å². The monoisotopic (exact) mass is 406 g/mol. The molecule has 1 atom stereocenters. The first-order valence-corrected chi connectivity index (χ1v) is 9.55. The highest BCUT2D eigenvalue weighted by molar-refractivity contribution is 6.30. The van der Waals surface area contributed by atoms with Crippen molar-refractivity contribution < 1.29 is 0 Å². The van der Waals surface area contributed by atoms with E-state index >= 15 is 0 Å². The minimum absolute atomic E-state index is 0.292. The van der Waals surface area contributed by atoms with Crippen molar-refractivity contribution in [3.63, 3.8) is 0 Å². The highest BCUT2D eigenvalue weighted by Crippen LogP contribution is 2.19. The minimum atomic E-state index is -0.468. The molecule has 0 amide bonds. The van der Waals surface area contributed by atoms with E-state index in [1.807, 2.05) is 37.3 Å². The van der Waals surface area contributed by atoms with Crippen molar-refractivity contribution in [2.75, 3.05) is 0 Å². The first-order chi connectivity index (χ1) is 14.0. The van der Waals surface area contributed by atoms with Gasteiger partial charge in [0.2, 0.25) is 0 Å². The summed E-state index contributed by atoms with van der Waals surface area (Å²) in [5.41, 5.74) is 1.18. The molecule has 0 saturated carbocycles. The second kappa shape index (κ2) is 7.56. The number of rotatable bonds is 5. The van der Waals surface area contributed by atoms with Crippen molar-refractivity contribution in [2.45, 2.75) is 19.5 Å². The lowest BCUT2D eigenvalue weighted by Crippen LogP contribution is -2.42. The molecule has 0 fully saturated rings. The molecule has 0 spiro atoms. The maximum Gasteiger partial charge on any atom is 0.337 e. The molecular weight excluding hydrogens is 388 g/mol. The second-order valence-electron chi connectivity index (χ2n) is 6.72. The lowest BCUT2D eigenvalue weighted by atomic mass is 10.1. The summed E-state index contributed by atoms with van der Waals surface area (Å²) in [7, 11) is 0. The average molecular weight is 407 g/mol. The molecular formula is C22H19ClN4O2. The fourth-order valence-corrected chi connectivity index (χ4v) is 3.69. The zero-order valence-corrected chi connectivity index (χ0v) is 16.6. The molecule has 7 heteroatoms. The van der Waals surface area contributed by atoms with Crippen LogP contribution in [0.3, 0.4) is 0 Å². The molecule has 0 unspecified atom stereocenters. The van der Waals surface area contributed by atoms with Crippen molar-refractivity contribution in [1.29, 1.82) is 0 Å². The zero-order valence-electron chi connectivity index (χ0n) is 15.8. The number of nitrogens with zero attached hydrogens (tertiary/aromatic N) is 4. The van der Waals surface area contributed by atoms with E-state index < -0.39 is 11.7 Å². The highest BCUT2D eigenvalue weighted by Gasteiger charge is 2.22. The Morgan fingerprint density at radius 1 is 1.14 bits per heavy atom. The fourth-order valence-electron chi connectivity index (χ4n) is 3.50. The topological polar surface area (TPSA) is 61.8 Å². The van der Waals surface area contributed by atoms with Crippen molar-refractivity contribution in [3.8, 4) is 5.69 Å². The molecule has 2 heterocycles. The summed E-state index contributed by atoms with van der Waals surface area (Å²) in [5, 5.41) is 0.488. The van der Waals surface area contributed by atoms with E-state index in [0.29, 0.717) is 28.4 Å². The third-order valence-electron chi connectivity index (χ3n) is 4.91. The van der Waals surface area contributed by atoms with Gasteiger partial charge < -0.3 is 4.57 Å². The fraction of sp³-hybridized carbons (Fsp3) is 0.136. The summed E-state index contributed by atoms with van der Waals surface area (Å²) in [4.78, 5) is 31.3. The number of hydrogen-bond donors (Lipinski definition) is 0. The van der Waals surface area contributed by atoms with Crippen LogP contribution >= 0.6 is 11.6 Å². The summed E-state index contributed by atoms with van der Waals surface area (Å²) in [6.07, 6.45) is 3.23. The largest absolute Gasteiger partial charge is 0.337 e. The maximum absolute atomic E-state index is 13.5. The van der Waals surface area contributed by atoms with Gasteiger partial charge in [-0.2, -0.15) is 0 Å². The van der Waals surface area contributed by atoms with E-state index in [-0.39, 0.29) is 5.56 Å². The Morgan fingerprint density at radius 2 is 1.90 bits per heavy atom. The van der Waals surface area contributed by atoms with Crippen LogP contribution in [0.4, 0.5) is 0 Å². The van der Waals surface area contributed by atoms with Crippen LogP contribution in [-0.4, -0.2) is 18.7 Å². The molecule has 0 aliphatic carbocycles. The van der Waals surface area contributed by atoms with Crippen LogP contribution < -0.4 is 11.2 Å². The smallest absolute Gasteiger partial charge is 0.321 e. The lowest BCUT2D eigenvalue weighted by Gasteiger charge is -2.18. The van der Waals surface area contributed by atoms with E-state index in [2.05, 4.69) is 11.6 Å². The van der Waals surface area contributed by atoms with Crippen LogP contribution in [0.15, 0.2) is 83.2 Å². The van der Waals surface area contributed by atoms with Gasteiger partial charge in [0.05, 0.1) is 18.1 Å². The van der Waals surface area contributed by atoms with Crippen molar-refractivity contribution in [1.82, 2.24) is 18.7 Å². The molecule has 4 aromatic rings. The molecule has 0 radical (unpaired) electrons. The van der Waals surface area contributed by atoms with Crippen LogP contribution in [0.25, 0.3) is 16.9 Å². The number of hydrogen-bond acceptors (Lipinski definition) is 3. The highest BCUT2D eigenvalue weighted by atomic mass is 35.5. The van der Waals surface area contributed by atoms with Gasteiger partial charge >= 0.3 is 5.69 Å². The van der Waals surface area contributed by atoms with Gasteiger partial charge in [0.25, 0.3) is 5.56 Å². The molecule has 0 bridgehead atoms. The molecule has 29 heavy (non-hydrogen) atoms. The quantitative estimate of drug-likeness (QED) is 0.473. The Hall–Kier alpha value is -3.38. The van der Waals surface area contributed by atoms with Crippen molar-refractivity contribution >= 4 is 22.8 Å². The van der Waals surface area contributed by atoms with Gasteiger partial charge in [0.1, 0.15) is 0 Å². The molecule has 2 aromatic heterocycles. The van der Waals surface area contributed by atoms with Gasteiger partial charge in [0, 0.05) is 11.6 Å². The Morgan fingerprint density at radius 3 is 2.59 bits per heavy atom. The number of halogens is 1. The summed E-state index contributed by atoms with van der Waals surface area (Å²) in [6, 6.07) is 15.9. The minimum Gasteiger partial charge on any atom is -0.321 e.